The van der Waals surface area contributed by atoms with Crippen LogP contribution in [0.25, 0.3) is 0 Å². The van der Waals surface area contributed by atoms with Gasteiger partial charge in [0.15, 0.2) is 5.41 Å². The summed E-state index contributed by atoms with van der Waals surface area (Å²) < 4.78 is 0. The first-order valence-electron chi connectivity index (χ1n) is 10.6. The number of amides is 4. The highest BCUT2D eigenvalue weighted by Crippen LogP contribution is 2.47. The first-order chi connectivity index (χ1) is 14.4. The van der Waals surface area contributed by atoms with Crippen LogP contribution in [0.5, 0.6) is 0 Å². The highest BCUT2D eigenvalue weighted by molar-refractivity contribution is 6.20. The van der Waals surface area contributed by atoms with Crippen LogP contribution in [-0.4, -0.2) is 46.8 Å². The number of nitrogens with zero attached hydrogens (tertiary/aromatic N) is 3. The van der Waals surface area contributed by atoms with E-state index >= 15 is 0 Å². The van der Waals surface area contributed by atoms with Gasteiger partial charge in [-0.1, -0.05) is 26.2 Å². The van der Waals surface area contributed by atoms with Gasteiger partial charge in [0.25, 0.3) is 5.69 Å². The molecule has 3 heterocycles. The van der Waals surface area contributed by atoms with Crippen LogP contribution in [0, 0.1) is 15.5 Å². The Balaban J connectivity index is 1.85. The molecule has 2 atom stereocenters. The van der Waals surface area contributed by atoms with Gasteiger partial charge in [-0.25, -0.2) is 4.79 Å². The molecule has 1 N–H and O–H groups in total. The van der Waals surface area contributed by atoms with Gasteiger partial charge in [-0.05, 0) is 30.9 Å². The number of barbiturate groups is 1. The lowest BCUT2D eigenvalue weighted by Crippen LogP contribution is -2.72. The first-order valence-corrected chi connectivity index (χ1v) is 10.6. The van der Waals surface area contributed by atoms with E-state index in [0.717, 1.165) is 36.3 Å². The van der Waals surface area contributed by atoms with Crippen molar-refractivity contribution < 1.29 is 19.3 Å². The van der Waals surface area contributed by atoms with Gasteiger partial charge in [-0.2, -0.15) is 0 Å². The minimum absolute atomic E-state index is 0.0613. The van der Waals surface area contributed by atoms with Gasteiger partial charge in [0.1, 0.15) is 0 Å². The Morgan fingerprint density at radius 3 is 2.77 bits per heavy atom. The molecule has 4 amide bonds. The van der Waals surface area contributed by atoms with E-state index in [1.807, 2.05) is 6.92 Å². The highest BCUT2D eigenvalue weighted by atomic mass is 16.6. The molecule has 0 radical (unpaired) electrons. The Bertz CT molecular complexity index is 917. The van der Waals surface area contributed by atoms with Crippen LogP contribution in [0.3, 0.4) is 0 Å². The summed E-state index contributed by atoms with van der Waals surface area (Å²) in [5.41, 5.74) is -0.0695. The van der Waals surface area contributed by atoms with E-state index in [2.05, 4.69) is 10.2 Å². The highest BCUT2D eigenvalue weighted by Gasteiger charge is 2.61. The number of carbonyl (C=O) groups is 3. The number of fused-ring (bicyclic) bond motifs is 4. The molecule has 3 aliphatic rings. The van der Waals surface area contributed by atoms with Crippen molar-refractivity contribution in [1.29, 1.82) is 0 Å². The van der Waals surface area contributed by atoms with E-state index in [1.54, 1.807) is 6.07 Å². The molecule has 0 aromatic heterocycles. The molecule has 0 aliphatic carbocycles. The minimum atomic E-state index is -1.45. The Labute approximate surface area is 174 Å². The maximum absolute atomic E-state index is 13.7. The zero-order valence-corrected chi connectivity index (χ0v) is 17.1. The van der Waals surface area contributed by atoms with Crippen LogP contribution >= 0.6 is 0 Å². The number of rotatable bonds is 4. The number of nitro benzene ring substituents is 1. The summed E-state index contributed by atoms with van der Waals surface area (Å²) in [5, 5.41) is 13.7. The summed E-state index contributed by atoms with van der Waals surface area (Å²) in [7, 11) is 0. The van der Waals surface area contributed by atoms with E-state index in [4.69, 9.17) is 0 Å². The molecule has 30 heavy (non-hydrogen) atoms. The fraction of sp³-hybridized carbons (Fsp3) is 0.571. The standard InChI is InChI=1S/C21H26N4O5/c1-2-3-10-24-19(27)21(18(26)22-20(24)28)13-14-12-15(25(29)30)8-9-16(14)23-11-6-4-5-7-17(21)23/h8-9,12,17H,2-7,10-11,13H2,1H3,(H,22,26,28)/t17-,21-/m0/s1. The van der Waals surface area contributed by atoms with Gasteiger partial charge in [0, 0.05) is 37.3 Å². The molecular weight excluding hydrogens is 388 g/mol. The third kappa shape index (κ3) is 3.03. The lowest BCUT2D eigenvalue weighted by Gasteiger charge is -2.51. The van der Waals surface area contributed by atoms with E-state index in [1.165, 1.54) is 12.1 Å². The smallest absolute Gasteiger partial charge is 0.330 e. The van der Waals surface area contributed by atoms with Crippen LogP contribution in [0.15, 0.2) is 18.2 Å². The lowest BCUT2D eigenvalue weighted by atomic mass is 9.67. The summed E-state index contributed by atoms with van der Waals surface area (Å²) in [6.45, 7) is 2.89. The minimum Gasteiger partial charge on any atom is -0.367 e. The Morgan fingerprint density at radius 1 is 1.23 bits per heavy atom. The topological polar surface area (TPSA) is 113 Å². The van der Waals surface area contributed by atoms with Crippen molar-refractivity contribution in [3.8, 4) is 0 Å². The summed E-state index contributed by atoms with van der Waals surface area (Å²) in [4.78, 5) is 53.5. The predicted molar refractivity (Wildman–Crippen MR) is 109 cm³/mol. The number of anilines is 1. The lowest BCUT2D eigenvalue weighted by molar-refractivity contribution is -0.384. The van der Waals surface area contributed by atoms with Crippen molar-refractivity contribution in [2.45, 2.75) is 57.9 Å². The SMILES string of the molecule is CCCCN1C(=O)NC(=O)[C@@]2(Cc3cc([N+](=O)[O-])ccc3N3CCCCC[C@H]32)C1=O. The summed E-state index contributed by atoms with van der Waals surface area (Å²) in [6.07, 6.45) is 4.96. The second-order valence-electron chi connectivity index (χ2n) is 8.35. The number of imide groups is 2. The van der Waals surface area contributed by atoms with E-state index in [-0.39, 0.29) is 24.7 Å². The summed E-state index contributed by atoms with van der Waals surface area (Å²) in [5.74, 6) is -1.06. The Hall–Kier alpha value is -2.97. The van der Waals surface area contributed by atoms with Crippen molar-refractivity contribution >= 4 is 29.2 Å². The molecule has 2 fully saturated rings. The maximum atomic E-state index is 13.7. The van der Waals surface area contributed by atoms with E-state index < -0.39 is 28.2 Å². The molecule has 9 nitrogen and oxygen atoms in total. The van der Waals surface area contributed by atoms with Gasteiger partial charge in [-0.3, -0.25) is 29.9 Å². The fourth-order valence-electron chi connectivity index (χ4n) is 5.11. The first kappa shape index (κ1) is 20.3. The average molecular weight is 414 g/mol. The van der Waals surface area contributed by atoms with Crippen LogP contribution in [0.2, 0.25) is 0 Å². The monoisotopic (exact) mass is 414 g/mol. The third-order valence-corrected chi connectivity index (χ3v) is 6.61. The van der Waals surface area contributed by atoms with Crippen LogP contribution in [-0.2, 0) is 16.0 Å². The predicted octanol–water partition coefficient (Wildman–Crippen LogP) is 2.76. The molecule has 1 aromatic rings. The molecule has 4 rings (SSSR count). The van der Waals surface area contributed by atoms with Crippen molar-refractivity contribution in [3.63, 3.8) is 0 Å². The number of nitrogens with one attached hydrogen (secondary N) is 1. The molecule has 9 heteroatoms. The van der Waals surface area contributed by atoms with Crippen molar-refractivity contribution in [1.82, 2.24) is 10.2 Å². The number of unbranched alkanes of at least 4 members (excludes halogenated alkanes) is 1. The van der Waals surface area contributed by atoms with Gasteiger partial charge in [0.05, 0.1) is 11.0 Å². The number of benzene rings is 1. The summed E-state index contributed by atoms with van der Waals surface area (Å²) >= 11 is 0. The van der Waals surface area contributed by atoms with Gasteiger partial charge in [-0.15, -0.1) is 0 Å². The molecule has 1 aromatic carbocycles. The molecule has 1 spiro atoms. The third-order valence-electron chi connectivity index (χ3n) is 6.61. The van der Waals surface area contributed by atoms with Crippen LogP contribution in [0.4, 0.5) is 16.2 Å². The van der Waals surface area contributed by atoms with E-state index in [0.29, 0.717) is 24.9 Å². The largest absolute Gasteiger partial charge is 0.367 e. The maximum Gasteiger partial charge on any atom is 0.330 e. The normalized spacial score (nSPS) is 26.2. The number of urea groups is 1. The second-order valence-corrected chi connectivity index (χ2v) is 8.35. The number of hydrogen-bond acceptors (Lipinski definition) is 6. The van der Waals surface area contributed by atoms with Crippen molar-refractivity contribution in [2.75, 3.05) is 18.0 Å². The Kier molecular flexibility index (Phi) is 5.21. The van der Waals surface area contributed by atoms with E-state index in [9.17, 15) is 24.5 Å². The number of non-ortho nitro benzene ring substituents is 1. The zero-order valence-electron chi connectivity index (χ0n) is 17.1. The van der Waals surface area contributed by atoms with Gasteiger partial charge < -0.3 is 4.90 Å². The fourth-order valence-corrected chi connectivity index (χ4v) is 5.11. The summed E-state index contributed by atoms with van der Waals surface area (Å²) in [6, 6.07) is 3.61. The van der Waals surface area contributed by atoms with Crippen LogP contribution < -0.4 is 10.2 Å². The molecular formula is C21H26N4O5. The Morgan fingerprint density at radius 2 is 2.03 bits per heavy atom. The molecule has 3 aliphatic heterocycles. The van der Waals surface area contributed by atoms with Gasteiger partial charge >= 0.3 is 6.03 Å². The number of nitro groups is 1. The molecule has 0 unspecified atom stereocenters. The number of hydrogen-bond donors (Lipinski definition) is 1. The van der Waals surface area contributed by atoms with Crippen molar-refractivity contribution in [3.05, 3.63) is 33.9 Å². The molecule has 160 valence electrons. The molecule has 0 bridgehead atoms. The molecule has 0 saturated carbocycles. The number of carbonyl (C=O) groups excluding carboxylic acids is 3. The van der Waals surface area contributed by atoms with Gasteiger partial charge in [0.2, 0.25) is 11.8 Å². The molecule has 2 saturated heterocycles. The second kappa shape index (κ2) is 7.70. The quantitative estimate of drug-likeness (QED) is 0.460. The van der Waals surface area contributed by atoms with Crippen molar-refractivity contribution in [2.24, 2.45) is 5.41 Å². The zero-order chi connectivity index (χ0) is 21.5. The average Bonchev–Trinajstić information content (AvgIpc) is 2.98. The van der Waals surface area contributed by atoms with Crippen LogP contribution in [0.1, 0.15) is 51.0 Å².